The Bertz CT molecular complexity index is 428. The van der Waals surface area contributed by atoms with Gasteiger partial charge in [0, 0.05) is 12.2 Å². The summed E-state index contributed by atoms with van der Waals surface area (Å²) in [5.41, 5.74) is 0. The molecule has 2 rings (SSSR count). The average molecular weight is 253 g/mol. The van der Waals surface area contributed by atoms with Crippen LogP contribution in [0, 0.1) is 5.82 Å². The van der Waals surface area contributed by atoms with E-state index in [9.17, 15) is 9.18 Å². The first-order chi connectivity index (χ1) is 8.66. The molecular formula is C12H16FN3O2. The number of hydrogen-bond donors (Lipinski definition) is 3. The van der Waals surface area contributed by atoms with Crippen molar-refractivity contribution in [3.63, 3.8) is 0 Å². The molecule has 0 saturated heterocycles. The number of aromatic nitrogens is 1. The summed E-state index contributed by atoms with van der Waals surface area (Å²) in [5, 5.41) is 14.2. The van der Waals surface area contributed by atoms with E-state index in [0.29, 0.717) is 0 Å². The number of nitrogens with zero attached hydrogens (tertiary/aromatic N) is 1. The smallest absolute Gasteiger partial charge is 0.404 e. The third kappa shape index (κ3) is 3.09. The Balaban J connectivity index is 2.05. The van der Waals surface area contributed by atoms with Crippen molar-refractivity contribution in [3.05, 3.63) is 24.1 Å². The summed E-state index contributed by atoms with van der Waals surface area (Å²) in [6.07, 6.45) is 4.01. The van der Waals surface area contributed by atoms with Crippen molar-refractivity contribution in [2.45, 2.75) is 37.8 Å². The fourth-order valence-electron chi connectivity index (χ4n) is 2.30. The van der Waals surface area contributed by atoms with E-state index in [1.165, 1.54) is 18.3 Å². The molecular weight excluding hydrogens is 237 g/mol. The van der Waals surface area contributed by atoms with Crippen LogP contribution in [0.25, 0.3) is 0 Å². The molecule has 1 aromatic rings. The summed E-state index contributed by atoms with van der Waals surface area (Å²) in [6, 6.07) is 2.54. The van der Waals surface area contributed by atoms with Gasteiger partial charge in [0.25, 0.3) is 0 Å². The number of carboxylic acid groups (broad SMARTS) is 1. The summed E-state index contributed by atoms with van der Waals surface area (Å²) < 4.78 is 13.5. The van der Waals surface area contributed by atoms with E-state index < -0.39 is 11.9 Å². The summed E-state index contributed by atoms with van der Waals surface area (Å²) >= 11 is 0. The molecule has 5 nitrogen and oxygen atoms in total. The maximum atomic E-state index is 13.5. The van der Waals surface area contributed by atoms with Gasteiger partial charge in [0.15, 0.2) is 11.6 Å². The number of anilines is 1. The lowest BCUT2D eigenvalue weighted by molar-refractivity contribution is 0.184. The highest BCUT2D eigenvalue weighted by Gasteiger charge is 2.27. The molecule has 3 N–H and O–H groups in total. The van der Waals surface area contributed by atoms with Crippen molar-refractivity contribution < 1.29 is 14.3 Å². The molecule has 1 saturated carbocycles. The Kier molecular flexibility index (Phi) is 3.96. The van der Waals surface area contributed by atoms with Crippen LogP contribution in [0.3, 0.4) is 0 Å². The van der Waals surface area contributed by atoms with E-state index in [2.05, 4.69) is 15.6 Å². The van der Waals surface area contributed by atoms with Crippen molar-refractivity contribution in [3.8, 4) is 0 Å². The summed E-state index contributed by atoms with van der Waals surface area (Å²) in [6.45, 7) is 0. The lowest BCUT2D eigenvalue weighted by Gasteiger charge is -2.32. The molecule has 0 radical (unpaired) electrons. The number of carbonyl (C=O) groups is 1. The summed E-state index contributed by atoms with van der Waals surface area (Å²) in [7, 11) is 0. The van der Waals surface area contributed by atoms with Crippen LogP contribution < -0.4 is 10.6 Å². The highest BCUT2D eigenvalue weighted by Crippen LogP contribution is 2.22. The molecule has 1 amide bonds. The topological polar surface area (TPSA) is 74.2 Å². The van der Waals surface area contributed by atoms with Gasteiger partial charge in [-0.15, -0.1) is 0 Å². The zero-order valence-corrected chi connectivity index (χ0v) is 9.90. The Morgan fingerprint density at radius 3 is 2.78 bits per heavy atom. The lowest BCUT2D eigenvalue weighted by atomic mass is 9.90. The van der Waals surface area contributed by atoms with Crippen LogP contribution in [0.15, 0.2) is 18.3 Å². The van der Waals surface area contributed by atoms with Gasteiger partial charge in [0.1, 0.15) is 0 Å². The Hall–Kier alpha value is -1.85. The van der Waals surface area contributed by atoms with E-state index in [4.69, 9.17) is 5.11 Å². The molecule has 1 heterocycles. The molecule has 1 aliphatic carbocycles. The van der Waals surface area contributed by atoms with Crippen molar-refractivity contribution in [2.75, 3.05) is 5.32 Å². The molecule has 98 valence electrons. The molecule has 0 spiro atoms. The Morgan fingerprint density at radius 2 is 2.11 bits per heavy atom. The molecule has 0 aromatic carbocycles. The molecule has 1 fully saturated rings. The molecule has 0 aliphatic heterocycles. The number of hydrogen-bond acceptors (Lipinski definition) is 3. The fourth-order valence-corrected chi connectivity index (χ4v) is 2.30. The maximum absolute atomic E-state index is 13.5. The van der Waals surface area contributed by atoms with Crippen molar-refractivity contribution in [2.24, 2.45) is 0 Å². The quantitative estimate of drug-likeness (QED) is 0.772. The van der Waals surface area contributed by atoms with Crippen molar-refractivity contribution in [1.29, 1.82) is 0 Å². The van der Waals surface area contributed by atoms with Crippen LogP contribution >= 0.6 is 0 Å². The van der Waals surface area contributed by atoms with E-state index in [-0.39, 0.29) is 17.9 Å². The first-order valence-electron chi connectivity index (χ1n) is 6.03. The molecule has 2 atom stereocenters. The van der Waals surface area contributed by atoms with Crippen LogP contribution in [0.2, 0.25) is 0 Å². The van der Waals surface area contributed by atoms with Gasteiger partial charge >= 0.3 is 6.09 Å². The number of nitrogens with one attached hydrogen (secondary N) is 2. The van der Waals surface area contributed by atoms with Crippen LogP contribution in [-0.2, 0) is 0 Å². The summed E-state index contributed by atoms with van der Waals surface area (Å²) in [5.74, 6) is -0.237. The predicted octanol–water partition coefficient (Wildman–Crippen LogP) is 2.21. The summed E-state index contributed by atoms with van der Waals surface area (Å²) in [4.78, 5) is 14.6. The second-order valence-corrected chi connectivity index (χ2v) is 4.43. The van der Waals surface area contributed by atoms with Crippen molar-refractivity contribution >= 4 is 11.9 Å². The molecule has 0 bridgehead atoms. The van der Waals surface area contributed by atoms with Gasteiger partial charge in [-0.25, -0.2) is 14.2 Å². The third-order valence-electron chi connectivity index (χ3n) is 3.16. The van der Waals surface area contributed by atoms with Crippen LogP contribution in [0.5, 0.6) is 0 Å². The second kappa shape index (κ2) is 5.66. The highest BCUT2D eigenvalue weighted by atomic mass is 19.1. The monoisotopic (exact) mass is 253 g/mol. The van der Waals surface area contributed by atoms with Crippen LogP contribution in [0.1, 0.15) is 25.7 Å². The van der Waals surface area contributed by atoms with Gasteiger partial charge in [-0.1, -0.05) is 12.8 Å². The molecule has 18 heavy (non-hydrogen) atoms. The Labute approximate surface area is 104 Å². The third-order valence-corrected chi connectivity index (χ3v) is 3.16. The van der Waals surface area contributed by atoms with Gasteiger partial charge in [-0.2, -0.15) is 0 Å². The zero-order chi connectivity index (χ0) is 13.0. The molecule has 6 heteroatoms. The minimum absolute atomic E-state index is 0.112. The van der Waals surface area contributed by atoms with Crippen molar-refractivity contribution in [1.82, 2.24) is 10.3 Å². The lowest BCUT2D eigenvalue weighted by Crippen LogP contribution is -2.48. The first-order valence-corrected chi connectivity index (χ1v) is 6.03. The number of halogens is 1. The van der Waals surface area contributed by atoms with E-state index >= 15 is 0 Å². The molecule has 1 aliphatic rings. The molecule has 0 unspecified atom stereocenters. The van der Waals surface area contributed by atoms with Gasteiger partial charge in [-0.3, -0.25) is 0 Å². The maximum Gasteiger partial charge on any atom is 0.404 e. The van der Waals surface area contributed by atoms with Crippen LogP contribution in [0.4, 0.5) is 15.0 Å². The highest BCUT2D eigenvalue weighted by molar-refractivity contribution is 5.65. The SMILES string of the molecule is O=C(O)N[C@H]1CCCC[C@@H]1Nc1ncccc1F. The van der Waals surface area contributed by atoms with E-state index in [1.54, 1.807) is 0 Å². The van der Waals surface area contributed by atoms with Gasteiger partial charge < -0.3 is 15.7 Å². The van der Waals surface area contributed by atoms with Crippen LogP contribution in [-0.4, -0.2) is 28.3 Å². The predicted molar refractivity (Wildman–Crippen MR) is 65.0 cm³/mol. The number of amides is 1. The normalized spacial score (nSPS) is 23.4. The molecule has 1 aromatic heterocycles. The Morgan fingerprint density at radius 1 is 1.39 bits per heavy atom. The van der Waals surface area contributed by atoms with Gasteiger partial charge in [-0.05, 0) is 25.0 Å². The minimum atomic E-state index is -1.05. The van der Waals surface area contributed by atoms with E-state index in [1.807, 2.05) is 0 Å². The first kappa shape index (κ1) is 12.6. The number of pyridine rings is 1. The zero-order valence-electron chi connectivity index (χ0n) is 9.90. The standard InChI is InChI=1S/C12H16FN3O2/c13-8-4-3-7-14-11(8)15-9-5-1-2-6-10(9)16-12(17)18/h3-4,7,9-10,16H,1-2,5-6H2,(H,14,15)(H,17,18)/t9-,10-/m0/s1. The fraction of sp³-hybridized carbons (Fsp3) is 0.500. The largest absolute Gasteiger partial charge is 0.465 e. The minimum Gasteiger partial charge on any atom is -0.465 e. The van der Waals surface area contributed by atoms with Gasteiger partial charge in [0.05, 0.1) is 6.04 Å². The number of rotatable bonds is 3. The van der Waals surface area contributed by atoms with Gasteiger partial charge in [0.2, 0.25) is 0 Å². The second-order valence-electron chi connectivity index (χ2n) is 4.43. The van der Waals surface area contributed by atoms with E-state index in [0.717, 1.165) is 25.7 Å². The average Bonchev–Trinajstić information content (AvgIpc) is 2.34.